The summed E-state index contributed by atoms with van der Waals surface area (Å²) in [6.45, 7) is 1.98. The zero-order valence-electron chi connectivity index (χ0n) is 6.88. The largest absolute Gasteiger partial charge is 0.487 e. The van der Waals surface area contributed by atoms with Gasteiger partial charge in [-0.2, -0.15) is 0 Å². The predicted octanol–water partition coefficient (Wildman–Crippen LogP) is 2.58. The molecule has 0 radical (unpaired) electrons. The van der Waals surface area contributed by atoms with Crippen molar-refractivity contribution < 1.29 is 4.74 Å². The highest BCUT2D eigenvalue weighted by molar-refractivity contribution is 6.30. The second-order valence-electron chi connectivity index (χ2n) is 3.12. The molecular weight excluding hydrogens is 174 g/mol. The molecule has 1 aromatic heterocycles. The number of aromatic nitrogens is 1. The molecule has 0 unspecified atom stereocenters. The van der Waals surface area contributed by atoms with E-state index in [-0.39, 0.29) is 0 Å². The van der Waals surface area contributed by atoms with Crippen LogP contribution in [0.1, 0.15) is 18.4 Å². The lowest BCUT2D eigenvalue weighted by molar-refractivity contribution is 0.302. The molecule has 3 heteroatoms. The third-order valence-electron chi connectivity index (χ3n) is 1.76. The molecule has 1 aliphatic carbocycles. The number of hydrogen-bond acceptors (Lipinski definition) is 2. The van der Waals surface area contributed by atoms with E-state index < -0.39 is 0 Å². The quantitative estimate of drug-likeness (QED) is 0.658. The predicted molar refractivity (Wildman–Crippen MR) is 47.6 cm³/mol. The fraction of sp³-hybridized carbons (Fsp3) is 0.444. The van der Waals surface area contributed by atoms with Gasteiger partial charge in [0.1, 0.15) is 0 Å². The molecule has 2 nitrogen and oxygen atoms in total. The second-order valence-corrected chi connectivity index (χ2v) is 3.48. The van der Waals surface area contributed by atoms with Gasteiger partial charge in [0.25, 0.3) is 0 Å². The molecule has 1 saturated carbocycles. The van der Waals surface area contributed by atoms with Gasteiger partial charge in [0.2, 0.25) is 0 Å². The Morgan fingerprint density at radius 3 is 3.00 bits per heavy atom. The van der Waals surface area contributed by atoms with Gasteiger partial charge >= 0.3 is 0 Å². The van der Waals surface area contributed by atoms with Crippen LogP contribution >= 0.6 is 11.6 Å². The van der Waals surface area contributed by atoms with E-state index in [1.165, 1.54) is 0 Å². The van der Waals surface area contributed by atoms with Crippen LogP contribution in [0.3, 0.4) is 0 Å². The van der Waals surface area contributed by atoms with Crippen molar-refractivity contribution in [1.29, 1.82) is 0 Å². The summed E-state index contributed by atoms with van der Waals surface area (Å²) in [6, 6.07) is 1.92. The highest BCUT2D eigenvalue weighted by atomic mass is 35.5. The van der Waals surface area contributed by atoms with E-state index in [0.717, 1.165) is 24.2 Å². The van der Waals surface area contributed by atoms with Crippen LogP contribution in [0.25, 0.3) is 0 Å². The maximum absolute atomic E-state index is 5.83. The van der Waals surface area contributed by atoms with E-state index >= 15 is 0 Å². The van der Waals surface area contributed by atoms with E-state index in [2.05, 4.69) is 4.98 Å². The lowest BCUT2D eigenvalue weighted by atomic mass is 10.3. The van der Waals surface area contributed by atoms with Crippen LogP contribution < -0.4 is 4.74 Å². The molecule has 1 aromatic rings. The van der Waals surface area contributed by atoms with Crippen LogP contribution in [0.15, 0.2) is 12.3 Å². The Balaban J connectivity index is 2.21. The van der Waals surface area contributed by atoms with Crippen LogP contribution in [0.2, 0.25) is 5.15 Å². The summed E-state index contributed by atoms with van der Waals surface area (Å²) in [7, 11) is 0. The Kier molecular flexibility index (Phi) is 1.93. The number of rotatable bonds is 2. The standard InChI is InChI=1S/C9H10ClNO/c1-6-4-8(9(10)11-5-6)12-7-2-3-7/h4-5,7H,2-3H2,1H3. The van der Waals surface area contributed by atoms with Crippen molar-refractivity contribution in [2.45, 2.75) is 25.9 Å². The van der Waals surface area contributed by atoms with Crippen molar-refractivity contribution in [2.75, 3.05) is 0 Å². The molecule has 0 saturated heterocycles. The first-order valence-electron chi connectivity index (χ1n) is 4.04. The first-order valence-corrected chi connectivity index (χ1v) is 4.42. The molecule has 0 N–H and O–H groups in total. The molecule has 0 aliphatic heterocycles. The van der Waals surface area contributed by atoms with Crippen LogP contribution in [0.5, 0.6) is 5.75 Å². The molecular formula is C9H10ClNO. The number of hydrogen-bond donors (Lipinski definition) is 0. The van der Waals surface area contributed by atoms with Gasteiger partial charge in [-0.3, -0.25) is 0 Å². The van der Waals surface area contributed by atoms with Gasteiger partial charge < -0.3 is 4.74 Å². The van der Waals surface area contributed by atoms with Crippen molar-refractivity contribution in [1.82, 2.24) is 4.98 Å². The minimum Gasteiger partial charge on any atom is -0.487 e. The SMILES string of the molecule is Cc1cnc(Cl)c(OC2CC2)c1. The van der Waals surface area contributed by atoms with Crippen LogP contribution in [0, 0.1) is 6.92 Å². The third kappa shape index (κ3) is 1.69. The Hall–Kier alpha value is -0.760. The summed E-state index contributed by atoms with van der Waals surface area (Å²) in [4.78, 5) is 4.00. The monoisotopic (exact) mass is 183 g/mol. The van der Waals surface area contributed by atoms with Crippen molar-refractivity contribution in [3.63, 3.8) is 0 Å². The van der Waals surface area contributed by atoms with E-state index in [1.807, 2.05) is 13.0 Å². The maximum atomic E-state index is 5.83. The Morgan fingerprint density at radius 1 is 1.58 bits per heavy atom. The molecule has 64 valence electrons. The lowest BCUT2D eigenvalue weighted by Gasteiger charge is -2.05. The summed E-state index contributed by atoms with van der Waals surface area (Å²) in [6.07, 6.45) is 4.41. The van der Waals surface area contributed by atoms with Crippen molar-refractivity contribution in [3.05, 3.63) is 23.0 Å². The number of pyridine rings is 1. The summed E-state index contributed by atoms with van der Waals surface area (Å²) in [5.74, 6) is 0.721. The van der Waals surface area contributed by atoms with Gasteiger partial charge in [-0.1, -0.05) is 11.6 Å². The fourth-order valence-electron chi connectivity index (χ4n) is 0.974. The van der Waals surface area contributed by atoms with Crippen molar-refractivity contribution >= 4 is 11.6 Å². The third-order valence-corrected chi connectivity index (χ3v) is 2.05. The molecule has 2 rings (SSSR count). The number of ether oxygens (including phenoxy) is 1. The average molecular weight is 184 g/mol. The normalized spacial score (nSPS) is 16.2. The molecule has 12 heavy (non-hydrogen) atoms. The Labute approximate surface area is 76.5 Å². The first kappa shape index (κ1) is 7.87. The van der Waals surface area contributed by atoms with Crippen LogP contribution in [0.4, 0.5) is 0 Å². The fourth-order valence-corrected chi connectivity index (χ4v) is 1.12. The van der Waals surface area contributed by atoms with Gasteiger partial charge in [-0.25, -0.2) is 4.98 Å². The van der Waals surface area contributed by atoms with Crippen molar-refractivity contribution in [2.24, 2.45) is 0 Å². The minimum absolute atomic E-state index is 0.381. The Morgan fingerprint density at radius 2 is 2.33 bits per heavy atom. The zero-order valence-corrected chi connectivity index (χ0v) is 7.64. The van der Waals surface area contributed by atoms with Gasteiger partial charge in [0.05, 0.1) is 6.10 Å². The number of aryl methyl sites for hydroxylation is 1. The topological polar surface area (TPSA) is 22.1 Å². The summed E-state index contributed by atoms with van der Waals surface area (Å²) < 4.78 is 5.54. The summed E-state index contributed by atoms with van der Waals surface area (Å²) >= 11 is 5.83. The zero-order chi connectivity index (χ0) is 8.55. The molecule has 1 heterocycles. The number of halogens is 1. The van der Waals surface area contributed by atoms with Gasteiger partial charge in [-0.05, 0) is 31.4 Å². The molecule has 0 spiro atoms. The summed E-state index contributed by atoms with van der Waals surface area (Å²) in [5.41, 5.74) is 1.08. The van der Waals surface area contributed by atoms with Gasteiger partial charge in [-0.15, -0.1) is 0 Å². The van der Waals surface area contributed by atoms with E-state index in [1.54, 1.807) is 6.20 Å². The highest BCUT2D eigenvalue weighted by Gasteiger charge is 2.24. The molecule has 0 atom stereocenters. The van der Waals surface area contributed by atoms with Crippen molar-refractivity contribution in [3.8, 4) is 5.75 Å². The smallest absolute Gasteiger partial charge is 0.171 e. The van der Waals surface area contributed by atoms with E-state index in [0.29, 0.717) is 11.3 Å². The maximum Gasteiger partial charge on any atom is 0.171 e. The van der Waals surface area contributed by atoms with E-state index in [9.17, 15) is 0 Å². The van der Waals surface area contributed by atoms with Crippen LogP contribution in [-0.4, -0.2) is 11.1 Å². The Bertz CT molecular complexity index is 297. The molecule has 0 bridgehead atoms. The highest BCUT2D eigenvalue weighted by Crippen LogP contribution is 2.30. The first-order chi connectivity index (χ1) is 5.75. The van der Waals surface area contributed by atoms with Crippen LogP contribution in [-0.2, 0) is 0 Å². The number of nitrogens with zero attached hydrogens (tertiary/aromatic N) is 1. The minimum atomic E-state index is 0.381. The van der Waals surface area contributed by atoms with E-state index in [4.69, 9.17) is 16.3 Å². The molecule has 1 fully saturated rings. The molecule has 0 amide bonds. The van der Waals surface area contributed by atoms with Gasteiger partial charge in [0, 0.05) is 6.20 Å². The second kappa shape index (κ2) is 2.94. The average Bonchev–Trinajstić information content (AvgIpc) is 2.81. The van der Waals surface area contributed by atoms with Gasteiger partial charge in [0.15, 0.2) is 10.9 Å². The molecule has 1 aliphatic rings. The lowest BCUT2D eigenvalue weighted by Crippen LogP contribution is -1.97. The summed E-state index contributed by atoms with van der Waals surface area (Å²) in [5, 5.41) is 0.465. The molecule has 0 aromatic carbocycles.